The van der Waals surface area contributed by atoms with Crippen LogP contribution in [0, 0.1) is 29.4 Å². The lowest BCUT2D eigenvalue weighted by Gasteiger charge is -2.27. The predicted octanol–water partition coefficient (Wildman–Crippen LogP) is 6.51. The molecule has 0 unspecified atom stereocenters. The summed E-state index contributed by atoms with van der Waals surface area (Å²) in [7, 11) is 0. The number of unbranched alkanes of at least 4 members (excludes halogenated alkanes) is 1. The number of alkyl halides is 3. The van der Waals surface area contributed by atoms with E-state index in [0.717, 1.165) is 56.6 Å². The molecule has 5 heteroatoms. The first-order valence-corrected chi connectivity index (χ1v) is 8.55. The Morgan fingerprint density at radius 2 is 1.68 bits per heavy atom. The third-order valence-corrected chi connectivity index (χ3v) is 4.50. The number of hydrogen-bond donors (Lipinski definition) is 0. The van der Waals surface area contributed by atoms with Crippen LogP contribution in [0.4, 0.5) is 22.0 Å². The SMILES string of the molecule is CCCC=CC1CCC(c2cc(F)c(C#CC(F)(F)F)c(F)c2)CC1. The Balaban J connectivity index is 2.08. The van der Waals surface area contributed by atoms with Crippen molar-refractivity contribution in [1.82, 2.24) is 0 Å². The molecule has 1 aliphatic carbocycles. The van der Waals surface area contributed by atoms with Crippen molar-refractivity contribution in [2.45, 2.75) is 57.5 Å². The molecule has 136 valence electrons. The van der Waals surface area contributed by atoms with Crippen molar-refractivity contribution in [3.05, 3.63) is 47.0 Å². The fraction of sp³-hybridized carbons (Fsp3) is 0.500. The molecule has 0 aromatic heterocycles. The van der Waals surface area contributed by atoms with Crippen LogP contribution in [0.3, 0.4) is 0 Å². The molecule has 0 saturated heterocycles. The summed E-state index contributed by atoms with van der Waals surface area (Å²) in [6.07, 6.45) is 5.30. The molecule has 0 heterocycles. The zero-order valence-electron chi connectivity index (χ0n) is 14.1. The molecule has 0 aliphatic heterocycles. The Kier molecular flexibility index (Phi) is 6.64. The van der Waals surface area contributed by atoms with Crippen LogP contribution in [0.2, 0.25) is 0 Å². The van der Waals surface area contributed by atoms with E-state index in [-0.39, 0.29) is 5.92 Å². The molecule has 0 radical (unpaired) electrons. The summed E-state index contributed by atoms with van der Waals surface area (Å²) in [4.78, 5) is 0. The molecule has 2 rings (SSSR count). The Morgan fingerprint density at radius 1 is 1.08 bits per heavy atom. The highest BCUT2D eigenvalue weighted by molar-refractivity contribution is 5.40. The van der Waals surface area contributed by atoms with Gasteiger partial charge in [-0.25, -0.2) is 8.78 Å². The summed E-state index contributed by atoms with van der Waals surface area (Å²) in [5.41, 5.74) is -0.319. The lowest BCUT2D eigenvalue weighted by atomic mass is 9.78. The van der Waals surface area contributed by atoms with Gasteiger partial charge in [-0.15, -0.1) is 0 Å². The van der Waals surface area contributed by atoms with Crippen LogP contribution >= 0.6 is 0 Å². The van der Waals surface area contributed by atoms with Gasteiger partial charge < -0.3 is 0 Å². The normalized spacial score (nSPS) is 21.2. The fourth-order valence-electron chi connectivity index (χ4n) is 3.18. The van der Waals surface area contributed by atoms with Gasteiger partial charge >= 0.3 is 6.18 Å². The smallest absolute Gasteiger partial charge is 0.206 e. The zero-order valence-corrected chi connectivity index (χ0v) is 14.1. The highest BCUT2D eigenvalue weighted by atomic mass is 19.4. The van der Waals surface area contributed by atoms with Gasteiger partial charge in [0.05, 0.1) is 5.56 Å². The molecule has 1 aliphatic rings. The summed E-state index contributed by atoms with van der Waals surface area (Å²) < 4.78 is 64.3. The van der Waals surface area contributed by atoms with Crippen LogP contribution in [0.1, 0.15) is 62.5 Å². The molecule has 0 N–H and O–H groups in total. The van der Waals surface area contributed by atoms with Crippen molar-refractivity contribution < 1.29 is 22.0 Å². The zero-order chi connectivity index (χ0) is 18.4. The van der Waals surface area contributed by atoms with E-state index >= 15 is 0 Å². The highest BCUT2D eigenvalue weighted by Gasteiger charge is 2.25. The minimum Gasteiger partial charge on any atom is -0.206 e. The fourth-order valence-corrected chi connectivity index (χ4v) is 3.18. The molecule has 0 spiro atoms. The van der Waals surface area contributed by atoms with Gasteiger partial charge in [-0.1, -0.05) is 31.4 Å². The van der Waals surface area contributed by atoms with E-state index in [1.165, 1.54) is 0 Å². The second-order valence-electron chi connectivity index (χ2n) is 6.44. The minimum absolute atomic E-state index is 0.0319. The number of halogens is 5. The van der Waals surface area contributed by atoms with Crippen LogP contribution in [-0.4, -0.2) is 6.18 Å². The van der Waals surface area contributed by atoms with Crippen molar-refractivity contribution >= 4 is 0 Å². The Labute approximate surface area is 145 Å². The van der Waals surface area contributed by atoms with Gasteiger partial charge in [-0.05, 0) is 61.6 Å². The maximum absolute atomic E-state index is 14.0. The number of benzene rings is 1. The van der Waals surface area contributed by atoms with Crippen molar-refractivity contribution in [3.63, 3.8) is 0 Å². The summed E-state index contributed by atoms with van der Waals surface area (Å²) in [6.45, 7) is 2.12. The molecular formula is C20H21F5. The first-order valence-electron chi connectivity index (χ1n) is 8.55. The van der Waals surface area contributed by atoms with Gasteiger partial charge in [0.1, 0.15) is 11.6 Å². The van der Waals surface area contributed by atoms with Crippen LogP contribution < -0.4 is 0 Å². The monoisotopic (exact) mass is 356 g/mol. The summed E-state index contributed by atoms with van der Waals surface area (Å²) in [5.74, 6) is 0.929. The lowest BCUT2D eigenvalue weighted by molar-refractivity contribution is -0.0696. The number of hydrogen-bond acceptors (Lipinski definition) is 0. The van der Waals surface area contributed by atoms with Gasteiger partial charge in [-0.2, -0.15) is 13.2 Å². The molecule has 1 aromatic carbocycles. The third kappa shape index (κ3) is 5.88. The summed E-state index contributed by atoms with van der Waals surface area (Å²) >= 11 is 0. The maximum Gasteiger partial charge on any atom is 0.458 e. The topological polar surface area (TPSA) is 0 Å². The standard InChI is InChI=1S/C20H21F5/c1-2-3-4-5-14-6-8-15(9-7-14)16-12-18(21)17(19(22)13-16)10-11-20(23,24)25/h4-5,12-15H,2-3,6-9H2,1H3. The average molecular weight is 356 g/mol. The Hall–Kier alpha value is -1.83. The largest absolute Gasteiger partial charge is 0.458 e. The average Bonchev–Trinajstić information content (AvgIpc) is 2.54. The lowest BCUT2D eigenvalue weighted by Crippen LogP contribution is -2.12. The molecular weight excluding hydrogens is 335 g/mol. The first-order chi connectivity index (χ1) is 11.8. The summed E-state index contributed by atoms with van der Waals surface area (Å²) in [5, 5.41) is 0. The van der Waals surface area contributed by atoms with Crippen LogP contribution in [0.5, 0.6) is 0 Å². The molecule has 0 nitrogen and oxygen atoms in total. The Morgan fingerprint density at radius 3 is 2.20 bits per heavy atom. The van der Waals surface area contributed by atoms with Crippen LogP contribution in [-0.2, 0) is 0 Å². The molecule has 1 saturated carbocycles. The number of rotatable bonds is 4. The third-order valence-electron chi connectivity index (χ3n) is 4.50. The first kappa shape index (κ1) is 19.5. The molecule has 1 aromatic rings. The predicted molar refractivity (Wildman–Crippen MR) is 88.0 cm³/mol. The Bertz CT molecular complexity index is 645. The van der Waals surface area contributed by atoms with E-state index in [2.05, 4.69) is 19.1 Å². The van der Waals surface area contributed by atoms with Gasteiger partial charge in [0, 0.05) is 5.92 Å². The van der Waals surface area contributed by atoms with Crippen LogP contribution in [0.25, 0.3) is 0 Å². The highest BCUT2D eigenvalue weighted by Crippen LogP contribution is 2.37. The second-order valence-corrected chi connectivity index (χ2v) is 6.44. The van der Waals surface area contributed by atoms with Crippen molar-refractivity contribution in [1.29, 1.82) is 0 Å². The van der Waals surface area contributed by atoms with E-state index in [9.17, 15) is 22.0 Å². The van der Waals surface area contributed by atoms with Gasteiger partial charge in [0.15, 0.2) is 0 Å². The molecule has 0 bridgehead atoms. The number of allylic oxidation sites excluding steroid dienone is 2. The van der Waals surface area contributed by atoms with Gasteiger partial charge in [0.2, 0.25) is 0 Å². The second kappa shape index (κ2) is 8.51. The van der Waals surface area contributed by atoms with E-state index in [0.29, 0.717) is 11.5 Å². The van der Waals surface area contributed by atoms with Gasteiger partial charge in [-0.3, -0.25) is 0 Å². The quantitative estimate of drug-likeness (QED) is 0.328. The van der Waals surface area contributed by atoms with E-state index in [1.807, 2.05) is 0 Å². The molecule has 0 atom stereocenters. The molecule has 1 fully saturated rings. The maximum atomic E-state index is 14.0. The molecule has 25 heavy (non-hydrogen) atoms. The van der Waals surface area contributed by atoms with Gasteiger partial charge in [0.25, 0.3) is 0 Å². The minimum atomic E-state index is -4.78. The van der Waals surface area contributed by atoms with E-state index in [1.54, 1.807) is 5.92 Å². The van der Waals surface area contributed by atoms with E-state index < -0.39 is 23.4 Å². The summed E-state index contributed by atoms with van der Waals surface area (Å²) in [6, 6.07) is 2.25. The van der Waals surface area contributed by atoms with Crippen molar-refractivity contribution in [2.24, 2.45) is 5.92 Å². The molecule has 0 amide bonds. The van der Waals surface area contributed by atoms with Crippen molar-refractivity contribution in [3.8, 4) is 11.8 Å². The van der Waals surface area contributed by atoms with Crippen LogP contribution in [0.15, 0.2) is 24.3 Å². The van der Waals surface area contributed by atoms with Crippen molar-refractivity contribution in [2.75, 3.05) is 0 Å². The van der Waals surface area contributed by atoms with E-state index in [4.69, 9.17) is 0 Å².